The fourth-order valence-corrected chi connectivity index (χ4v) is 3.88. The van der Waals surface area contributed by atoms with Crippen molar-refractivity contribution in [3.8, 4) is 11.1 Å². The molecule has 0 radical (unpaired) electrons. The Morgan fingerprint density at radius 2 is 1.52 bits per heavy atom. The van der Waals surface area contributed by atoms with E-state index in [2.05, 4.69) is 0 Å². The number of carbonyl (C=O) groups is 3. The molecule has 0 unspecified atom stereocenters. The summed E-state index contributed by atoms with van der Waals surface area (Å²) in [5.74, 6) is -1.32. The number of hydrogen-bond donors (Lipinski definition) is 2. The number of carboxylic acids is 1. The van der Waals surface area contributed by atoms with Crippen molar-refractivity contribution < 1.29 is 29.0 Å². The van der Waals surface area contributed by atoms with Crippen molar-refractivity contribution in [1.82, 2.24) is 4.90 Å². The van der Waals surface area contributed by atoms with Crippen molar-refractivity contribution in [2.45, 2.75) is 57.8 Å². The molecule has 0 spiro atoms. The van der Waals surface area contributed by atoms with Gasteiger partial charge in [-0.25, -0.2) is 14.4 Å². The molecule has 8 heteroatoms. The number of benzene rings is 2. The van der Waals surface area contributed by atoms with Gasteiger partial charge in [-0.2, -0.15) is 4.90 Å². The monoisotopic (exact) mass is 454 g/mol. The first kappa shape index (κ1) is 24.3. The molecule has 0 saturated carbocycles. The summed E-state index contributed by atoms with van der Waals surface area (Å²) in [6, 6.07) is 13.6. The van der Waals surface area contributed by atoms with Crippen molar-refractivity contribution >= 4 is 18.2 Å². The maximum absolute atomic E-state index is 13.3. The third kappa shape index (κ3) is 5.51. The third-order valence-electron chi connectivity index (χ3n) is 5.31. The minimum Gasteiger partial charge on any atom is -0.480 e. The van der Waals surface area contributed by atoms with Crippen molar-refractivity contribution in [3.05, 3.63) is 59.7 Å². The predicted octanol–water partition coefficient (Wildman–Crippen LogP) is 4.71. The number of fused-ring (bicyclic) bond motifs is 3. The Bertz CT molecular complexity index is 984. The quantitative estimate of drug-likeness (QED) is 0.581. The van der Waals surface area contributed by atoms with Gasteiger partial charge in [0.05, 0.1) is 0 Å². The highest BCUT2D eigenvalue weighted by molar-refractivity contribution is 5.94. The molecular formula is C25H30N2O6. The van der Waals surface area contributed by atoms with Crippen LogP contribution in [0.3, 0.4) is 0 Å². The van der Waals surface area contributed by atoms with Gasteiger partial charge in [0.2, 0.25) is 0 Å². The summed E-state index contributed by atoms with van der Waals surface area (Å²) in [5.41, 5.74) is 7.98. The van der Waals surface area contributed by atoms with E-state index in [4.69, 9.17) is 15.2 Å². The average molecular weight is 455 g/mol. The molecule has 2 aromatic carbocycles. The van der Waals surface area contributed by atoms with Gasteiger partial charge in [0, 0.05) is 11.1 Å². The summed E-state index contributed by atoms with van der Waals surface area (Å²) in [4.78, 5) is 38.9. The van der Waals surface area contributed by atoms with Crippen molar-refractivity contribution in [2.75, 3.05) is 6.54 Å². The van der Waals surface area contributed by atoms with E-state index in [0.717, 1.165) is 22.3 Å². The zero-order valence-electron chi connectivity index (χ0n) is 19.1. The van der Waals surface area contributed by atoms with Crippen LogP contribution in [0.4, 0.5) is 9.59 Å². The molecule has 176 valence electrons. The molecule has 1 atom stereocenters. The molecule has 0 bridgehead atoms. The summed E-state index contributed by atoms with van der Waals surface area (Å²) in [6.07, 6.45) is -1.88. The number of carboxylic acid groups (broad SMARTS) is 1. The predicted molar refractivity (Wildman–Crippen MR) is 123 cm³/mol. The number of aliphatic carboxylic acids is 1. The van der Waals surface area contributed by atoms with E-state index in [1.807, 2.05) is 48.5 Å². The molecule has 33 heavy (non-hydrogen) atoms. The van der Waals surface area contributed by atoms with Gasteiger partial charge in [0.25, 0.3) is 0 Å². The highest BCUT2D eigenvalue weighted by Gasteiger charge is 2.41. The third-order valence-corrected chi connectivity index (χ3v) is 5.31. The van der Waals surface area contributed by atoms with Crippen LogP contribution in [0.25, 0.3) is 11.1 Å². The number of ether oxygens (including phenoxy) is 2. The van der Waals surface area contributed by atoms with E-state index >= 15 is 0 Å². The Balaban J connectivity index is 1.94. The second-order valence-corrected chi connectivity index (χ2v) is 8.93. The number of hydrogen-bond acceptors (Lipinski definition) is 6. The Hall–Kier alpha value is -3.39. The molecule has 1 aliphatic rings. The average Bonchev–Trinajstić information content (AvgIpc) is 3.05. The van der Waals surface area contributed by atoms with Crippen LogP contribution in [0.15, 0.2) is 48.5 Å². The Kier molecular flexibility index (Phi) is 7.38. The van der Waals surface area contributed by atoms with Crippen LogP contribution in [-0.2, 0) is 14.3 Å². The Labute approximate surface area is 193 Å². The van der Waals surface area contributed by atoms with Gasteiger partial charge >= 0.3 is 18.2 Å². The first-order valence-corrected chi connectivity index (χ1v) is 11.0. The number of nitrogens with two attached hydrogens (primary N) is 1. The molecule has 2 amide bonds. The van der Waals surface area contributed by atoms with Gasteiger partial charge in [-0.05, 0) is 57.7 Å². The molecular weight excluding hydrogens is 424 g/mol. The highest BCUT2D eigenvalue weighted by atomic mass is 16.6. The second-order valence-electron chi connectivity index (χ2n) is 8.93. The minimum atomic E-state index is -1.44. The van der Waals surface area contributed by atoms with E-state index in [1.54, 1.807) is 20.8 Å². The number of imide groups is 1. The van der Waals surface area contributed by atoms with Crippen LogP contribution in [-0.4, -0.2) is 46.3 Å². The maximum Gasteiger partial charge on any atom is 0.421 e. The first-order chi connectivity index (χ1) is 15.6. The Morgan fingerprint density at radius 3 is 2.00 bits per heavy atom. The molecule has 0 aromatic heterocycles. The van der Waals surface area contributed by atoms with Crippen LogP contribution in [0.1, 0.15) is 57.3 Å². The van der Waals surface area contributed by atoms with Crippen LogP contribution in [0.2, 0.25) is 0 Å². The fraction of sp³-hybridized carbons (Fsp3) is 0.400. The number of amides is 2. The normalized spacial score (nSPS) is 13.6. The number of rotatable bonds is 7. The van der Waals surface area contributed by atoms with Crippen molar-refractivity contribution in [3.63, 3.8) is 0 Å². The second kappa shape index (κ2) is 10.0. The van der Waals surface area contributed by atoms with Gasteiger partial charge < -0.3 is 20.3 Å². The van der Waals surface area contributed by atoms with E-state index in [-0.39, 0.29) is 6.42 Å². The van der Waals surface area contributed by atoms with Gasteiger partial charge in [-0.15, -0.1) is 0 Å². The van der Waals surface area contributed by atoms with Gasteiger partial charge in [0.15, 0.2) is 6.10 Å². The SMILES string of the molecule is CC(C)(C)OC(=O)N(C(=O)OC1c2ccccc2-c2ccccc21)[C@@H](CCCCN)C(=O)O. The minimum absolute atomic E-state index is 0.0404. The van der Waals surface area contributed by atoms with Crippen molar-refractivity contribution in [2.24, 2.45) is 5.73 Å². The zero-order valence-corrected chi connectivity index (χ0v) is 19.1. The number of unbranched alkanes of at least 4 members (excludes halogenated alkanes) is 1. The summed E-state index contributed by atoms with van der Waals surface area (Å²) in [7, 11) is 0. The number of carbonyl (C=O) groups excluding carboxylic acids is 2. The lowest BCUT2D eigenvalue weighted by Gasteiger charge is -2.30. The van der Waals surface area contributed by atoms with E-state index in [1.165, 1.54) is 0 Å². The molecule has 1 aliphatic carbocycles. The molecule has 0 heterocycles. The van der Waals surface area contributed by atoms with E-state index < -0.39 is 35.9 Å². The summed E-state index contributed by atoms with van der Waals surface area (Å²) >= 11 is 0. The molecule has 3 N–H and O–H groups in total. The lowest BCUT2D eigenvalue weighted by atomic mass is 10.1. The maximum atomic E-state index is 13.3. The zero-order chi connectivity index (χ0) is 24.2. The molecule has 0 fully saturated rings. The number of nitrogens with zero attached hydrogens (tertiary/aromatic N) is 1. The summed E-state index contributed by atoms with van der Waals surface area (Å²) in [5, 5.41) is 9.83. The molecule has 8 nitrogen and oxygen atoms in total. The largest absolute Gasteiger partial charge is 0.480 e. The Morgan fingerprint density at radius 1 is 0.970 bits per heavy atom. The van der Waals surface area contributed by atoms with Crippen LogP contribution in [0.5, 0.6) is 0 Å². The fourth-order valence-electron chi connectivity index (χ4n) is 3.88. The van der Waals surface area contributed by atoms with E-state index in [9.17, 15) is 19.5 Å². The van der Waals surface area contributed by atoms with E-state index in [0.29, 0.717) is 24.3 Å². The van der Waals surface area contributed by atoms with Crippen LogP contribution >= 0.6 is 0 Å². The smallest absolute Gasteiger partial charge is 0.421 e. The van der Waals surface area contributed by atoms with Crippen LogP contribution < -0.4 is 5.73 Å². The van der Waals surface area contributed by atoms with Gasteiger partial charge in [0.1, 0.15) is 11.6 Å². The highest BCUT2D eigenvalue weighted by Crippen LogP contribution is 2.45. The summed E-state index contributed by atoms with van der Waals surface area (Å²) in [6.45, 7) is 5.30. The van der Waals surface area contributed by atoms with Crippen LogP contribution in [0, 0.1) is 0 Å². The first-order valence-electron chi connectivity index (χ1n) is 11.0. The molecule has 0 aliphatic heterocycles. The molecule has 2 aromatic rings. The van der Waals surface area contributed by atoms with Gasteiger partial charge in [-0.1, -0.05) is 48.5 Å². The lowest BCUT2D eigenvalue weighted by molar-refractivity contribution is -0.143. The molecule has 0 saturated heterocycles. The van der Waals surface area contributed by atoms with Crippen molar-refractivity contribution in [1.29, 1.82) is 0 Å². The van der Waals surface area contributed by atoms with Gasteiger partial charge in [-0.3, -0.25) is 0 Å². The molecule has 3 rings (SSSR count). The lowest BCUT2D eigenvalue weighted by Crippen LogP contribution is -2.50. The summed E-state index contributed by atoms with van der Waals surface area (Å²) < 4.78 is 11.2. The topological polar surface area (TPSA) is 119 Å². The standard InChI is InChI=1S/C25H30N2O6/c1-25(2,3)33-24(31)27(20(22(28)29)14-8-9-15-26)23(30)32-21-18-12-6-4-10-16(18)17-11-5-7-13-19(17)21/h4-7,10-13,20-21H,8-9,14-15,26H2,1-3H3,(H,28,29)/t20-/m0/s1.